The average molecular weight is 299 g/mol. The second-order valence-electron chi connectivity index (χ2n) is 5.46. The van der Waals surface area contributed by atoms with E-state index in [-0.39, 0.29) is 5.56 Å². The maximum Gasteiger partial charge on any atom is 0.258 e. The third-order valence-electron chi connectivity index (χ3n) is 4.03. The van der Waals surface area contributed by atoms with Gasteiger partial charge in [-0.15, -0.1) is 0 Å². The first-order valence-corrected chi connectivity index (χ1v) is 7.44. The fourth-order valence-corrected chi connectivity index (χ4v) is 2.86. The summed E-state index contributed by atoms with van der Waals surface area (Å²) in [7, 11) is 1.57. The number of hydrogen-bond donors (Lipinski definition) is 1. The molecule has 1 aliphatic carbocycles. The first-order valence-electron chi connectivity index (χ1n) is 7.44. The van der Waals surface area contributed by atoms with Crippen molar-refractivity contribution in [3.05, 3.63) is 58.9 Å². The topological polar surface area (TPSA) is 38.3 Å². The molecule has 0 saturated heterocycles. The third-order valence-corrected chi connectivity index (χ3v) is 4.03. The fraction of sp³-hybridized carbons (Fsp3) is 0.278. The van der Waals surface area contributed by atoms with Crippen LogP contribution in [0.2, 0.25) is 0 Å². The molecule has 1 amide bonds. The lowest BCUT2D eigenvalue weighted by molar-refractivity contribution is 0.102. The molecule has 0 bridgehead atoms. The number of carbonyl (C=O) groups excluding carboxylic acids is 1. The zero-order valence-corrected chi connectivity index (χ0v) is 12.5. The average Bonchev–Trinajstić information content (AvgIpc) is 2.54. The summed E-state index contributed by atoms with van der Waals surface area (Å²) >= 11 is 0. The number of methoxy groups -OCH3 is 1. The van der Waals surface area contributed by atoms with Crippen LogP contribution in [0.15, 0.2) is 36.4 Å². The molecule has 114 valence electrons. The second kappa shape index (κ2) is 6.18. The predicted molar refractivity (Wildman–Crippen MR) is 84.0 cm³/mol. The number of nitrogens with one attached hydrogen (secondary N) is 1. The molecule has 1 aliphatic rings. The Hall–Kier alpha value is -2.36. The minimum Gasteiger partial charge on any atom is -0.495 e. The molecule has 1 N–H and O–H groups in total. The SMILES string of the molecule is COc1cc2c(cc1NC(=O)c1ccccc1F)CCCC2. The van der Waals surface area contributed by atoms with Gasteiger partial charge in [0.15, 0.2) is 0 Å². The quantitative estimate of drug-likeness (QED) is 0.931. The van der Waals surface area contributed by atoms with E-state index in [4.69, 9.17) is 4.74 Å². The third kappa shape index (κ3) is 2.82. The molecule has 0 saturated carbocycles. The molecule has 4 heteroatoms. The second-order valence-corrected chi connectivity index (χ2v) is 5.46. The van der Waals surface area contributed by atoms with E-state index in [1.165, 1.54) is 29.7 Å². The summed E-state index contributed by atoms with van der Waals surface area (Å²) in [5.74, 6) is -0.380. The highest BCUT2D eigenvalue weighted by Gasteiger charge is 2.17. The molecular weight excluding hydrogens is 281 g/mol. The van der Waals surface area contributed by atoms with Gasteiger partial charge in [-0.25, -0.2) is 4.39 Å². The number of carbonyl (C=O) groups is 1. The van der Waals surface area contributed by atoms with Gasteiger partial charge in [0, 0.05) is 0 Å². The lowest BCUT2D eigenvalue weighted by Crippen LogP contribution is -2.15. The number of rotatable bonds is 3. The molecular formula is C18H18FNO2. The Morgan fingerprint density at radius 1 is 1.14 bits per heavy atom. The monoisotopic (exact) mass is 299 g/mol. The van der Waals surface area contributed by atoms with Gasteiger partial charge >= 0.3 is 0 Å². The van der Waals surface area contributed by atoms with Crippen molar-refractivity contribution >= 4 is 11.6 Å². The standard InChI is InChI=1S/C18H18FNO2/c1-22-17-11-13-7-3-2-6-12(13)10-16(17)20-18(21)14-8-4-5-9-15(14)19/h4-5,8-11H,2-3,6-7H2,1H3,(H,20,21). The van der Waals surface area contributed by atoms with E-state index in [1.807, 2.05) is 12.1 Å². The Bertz CT molecular complexity index is 712. The van der Waals surface area contributed by atoms with Crippen LogP contribution in [0.4, 0.5) is 10.1 Å². The lowest BCUT2D eigenvalue weighted by atomic mass is 9.91. The highest BCUT2D eigenvalue weighted by molar-refractivity contribution is 6.05. The van der Waals surface area contributed by atoms with E-state index < -0.39 is 11.7 Å². The van der Waals surface area contributed by atoms with Gasteiger partial charge < -0.3 is 10.1 Å². The van der Waals surface area contributed by atoms with Crippen LogP contribution < -0.4 is 10.1 Å². The van der Waals surface area contributed by atoms with Gasteiger partial charge in [-0.1, -0.05) is 12.1 Å². The molecule has 0 atom stereocenters. The summed E-state index contributed by atoms with van der Waals surface area (Å²) < 4.78 is 19.1. The maximum absolute atomic E-state index is 13.7. The van der Waals surface area contributed by atoms with Crippen molar-refractivity contribution in [3.8, 4) is 5.75 Å². The molecule has 0 aliphatic heterocycles. The number of ether oxygens (including phenoxy) is 1. The first kappa shape index (κ1) is 14.6. The van der Waals surface area contributed by atoms with Crippen LogP contribution in [-0.2, 0) is 12.8 Å². The zero-order chi connectivity index (χ0) is 15.5. The summed E-state index contributed by atoms with van der Waals surface area (Å²) in [5, 5.41) is 2.76. The molecule has 22 heavy (non-hydrogen) atoms. The molecule has 0 fully saturated rings. The van der Waals surface area contributed by atoms with Gasteiger partial charge in [-0.3, -0.25) is 4.79 Å². The Morgan fingerprint density at radius 2 is 1.82 bits per heavy atom. The summed E-state index contributed by atoms with van der Waals surface area (Å²) in [4.78, 5) is 12.3. The molecule has 0 spiro atoms. The minimum absolute atomic E-state index is 0.0299. The summed E-state index contributed by atoms with van der Waals surface area (Å²) in [6, 6.07) is 9.87. The lowest BCUT2D eigenvalue weighted by Gasteiger charge is -2.19. The van der Waals surface area contributed by atoms with Gasteiger partial charge in [0.05, 0.1) is 18.4 Å². The summed E-state index contributed by atoms with van der Waals surface area (Å²) in [5.41, 5.74) is 3.13. The zero-order valence-electron chi connectivity index (χ0n) is 12.5. The van der Waals surface area contributed by atoms with Crippen molar-refractivity contribution in [1.82, 2.24) is 0 Å². The van der Waals surface area contributed by atoms with Crippen LogP contribution in [0, 0.1) is 5.82 Å². The van der Waals surface area contributed by atoms with E-state index in [1.54, 1.807) is 19.2 Å². The van der Waals surface area contributed by atoms with Crippen LogP contribution >= 0.6 is 0 Å². The number of anilines is 1. The molecule has 0 heterocycles. The van der Waals surface area contributed by atoms with Crippen molar-refractivity contribution in [1.29, 1.82) is 0 Å². The Balaban J connectivity index is 1.91. The maximum atomic E-state index is 13.7. The minimum atomic E-state index is -0.531. The molecule has 0 aromatic heterocycles. The number of benzene rings is 2. The smallest absolute Gasteiger partial charge is 0.258 e. The van der Waals surface area contributed by atoms with E-state index in [9.17, 15) is 9.18 Å². The van der Waals surface area contributed by atoms with Gasteiger partial charge in [0.1, 0.15) is 11.6 Å². The van der Waals surface area contributed by atoms with Crippen LogP contribution in [0.1, 0.15) is 34.3 Å². The Kier molecular flexibility index (Phi) is 4.09. The van der Waals surface area contributed by atoms with Crippen molar-refractivity contribution in [2.24, 2.45) is 0 Å². The molecule has 0 unspecified atom stereocenters. The largest absolute Gasteiger partial charge is 0.495 e. The predicted octanol–water partition coefficient (Wildman–Crippen LogP) is 3.97. The van der Waals surface area contributed by atoms with Crippen LogP contribution in [-0.4, -0.2) is 13.0 Å². The van der Waals surface area contributed by atoms with Gasteiger partial charge in [0.25, 0.3) is 5.91 Å². The number of amides is 1. The highest BCUT2D eigenvalue weighted by atomic mass is 19.1. The van der Waals surface area contributed by atoms with E-state index in [2.05, 4.69) is 5.32 Å². The van der Waals surface area contributed by atoms with E-state index in [0.29, 0.717) is 11.4 Å². The molecule has 3 rings (SSSR count). The number of hydrogen-bond acceptors (Lipinski definition) is 2. The van der Waals surface area contributed by atoms with Crippen molar-refractivity contribution < 1.29 is 13.9 Å². The van der Waals surface area contributed by atoms with Gasteiger partial charge in [0.2, 0.25) is 0 Å². The van der Waals surface area contributed by atoms with Crippen molar-refractivity contribution in [2.75, 3.05) is 12.4 Å². The molecule has 0 radical (unpaired) electrons. The van der Waals surface area contributed by atoms with Gasteiger partial charge in [-0.05, 0) is 61.1 Å². The van der Waals surface area contributed by atoms with Crippen molar-refractivity contribution in [2.45, 2.75) is 25.7 Å². The normalized spacial score (nSPS) is 13.4. The van der Waals surface area contributed by atoms with E-state index >= 15 is 0 Å². The molecule has 2 aromatic rings. The Labute approximate surface area is 129 Å². The van der Waals surface area contributed by atoms with Crippen LogP contribution in [0.25, 0.3) is 0 Å². The number of halogens is 1. The summed E-state index contributed by atoms with van der Waals surface area (Å²) in [6.07, 6.45) is 4.37. The fourth-order valence-electron chi connectivity index (χ4n) is 2.86. The Morgan fingerprint density at radius 3 is 2.50 bits per heavy atom. The van der Waals surface area contributed by atoms with E-state index in [0.717, 1.165) is 19.3 Å². The van der Waals surface area contributed by atoms with Crippen molar-refractivity contribution in [3.63, 3.8) is 0 Å². The van der Waals surface area contributed by atoms with Crippen LogP contribution in [0.3, 0.4) is 0 Å². The number of aryl methyl sites for hydroxylation is 2. The van der Waals surface area contributed by atoms with Crippen LogP contribution in [0.5, 0.6) is 5.75 Å². The highest BCUT2D eigenvalue weighted by Crippen LogP contribution is 2.33. The number of fused-ring (bicyclic) bond motifs is 1. The van der Waals surface area contributed by atoms with Gasteiger partial charge in [-0.2, -0.15) is 0 Å². The summed E-state index contributed by atoms with van der Waals surface area (Å²) in [6.45, 7) is 0. The first-order chi connectivity index (χ1) is 10.7. The molecule has 2 aromatic carbocycles. The molecule has 3 nitrogen and oxygen atoms in total.